The van der Waals surface area contributed by atoms with Gasteiger partial charge in [0.05, 0.1) is 5.69 Å². The normalized spacial score (nSPS) is 11.3. The Morgan fingerprint density at radius 3 is 2.23 bits per heavy atom. The summed E-state index contributed by atoms with van der Waals surface area (Å²) in [4.78, 5) is 4.60. The van der Waals surface area contributed by atoms with Crippen LogP contribution in [0.4, 0.5) is 5.69 Å². The first-order valence-electron chi connectivity index (χ1n) is 8.19. The molecule has 3 aromatic rings. The minimum atomic E-state index is -0.826. The summed E-state index contributed by atoms with van der Waals surface area (Å²) in [6.07, 6.45) is 1.74. The van der Waals surface area contributed by atoms with E-state index in [0.717, 1.165) is 27.6 Å². The predicted molar refractivity (Wildman–Crippen MR) is 110 cm³/mol. The number of nitrogens with zero attached hydrogens (tertiary/aromatic N) is 1. The Morgan fingerprint density at radius 1 is 0.923 bits per heavy atom. The second-order valence-electron chi connectivity index (χ2n) is 6.82. The SMILES string of the molecule is CC(C)(C)c1cccc(C=Nc2cccc3ccccc23)c1O.[Cl][Zr][Cl]. The molecule has 0 saturated carbocycles. The van der Waals surface area contributed by atoms with E-state index in [1.165, 1.54) is 0 Å². The standard InChI is InChI=1S/C21H21NO.2ClH.Zr/c1-21(2,3)18-12-6-10-16(20(18)23)14-22-19-13-7-9-15-8-4-5-11-17(15)19;;;/h4-14,23H,1-3H3;2*1H;/q;;;+2/p-2. The molecule has 0 atom stereocenters. The molecule has 1 N–H and O–H groups in total. The third-order valence-electron chi connectivity index (χ3n) is 3.98. The summed E-state index contributed by atoms with van der Waals surface area (Å²) in [5.41, 5.74) is 2.47. The first-order chi connectivity index (χ1) is 12.4. The number of fused-ring (bicyclic) bond motifs is 1. The van der Waals surface area contributed by atoms with Crippen molar-refractivity contribution in [2.24, 2.45) is 4.99 Å². The number of phenols is 1. The molecule has 2 nitrogen and oxygen atoms in total. The number of rotatable bonds is 2. The number of aliphatic imine (C=N–C) groups is 1. The van der Waals surface area contributed by atoms with Crippen LogP contribution >= 0.6 is 17.0 Å². The van der Waals surface area contributed by atoms with E-state index in [9.17, 15) is 5.11 Å². The first-order valence-corrected chi connectivity index (χ1v) is 14.5. The van der Waals surface area contributed by atoms with Crippen molar-refractivity contribution in [1.29, 1.82) is 0 Å². The van der Waals surface area contributed by atoms with Crippen LogP contribution in [0.5, 0.6) is 5.75 Å². The molecule has 0 aliphatic rings. The summed E-state index contributed by atoms with van der Waals surface area (Å²) in [6, 6.07) is 20.1. The van der Waals surface area contributed by atoms with Crippen LogP contribution in [0.1, 0.15) is 31.9 Å². The van der Waals surface area contributed by atoms with Crippen LogP contribution in [0.25, 0.3) is 10.8 Å². The molecule has 0 bridgehead atoms. The van der Waals surface area contributed by atoms with E-state index in [1.54, 1.807) is 6.21 Å². The second-order valence-corrected chi connectivity index (χ2v) is 10.6. The Kier molecular flexibility index (Phi) is 7.89. The van der Waals surface area contributed by atoms with Crippen molar-refractivity contribution in [3.8, 4) is 5.75 Å². The average molecular weight is 466 g/mol. The van der Waals surface area contributed by atoms with Gasteiger partial charge in [-0.2, -0.15) is 0 Å². The van der Waals surface area contributed by atoms with Gasteiger partial charge in [0.1, 0.15) is 5.75 Å². The summed E-state index contributed by atoms with van der Waals surface area (Å²) >= 11 is -0.826. The monoisotopic (exact) mass is 463 g/mol. The third-order valence-corrected chi connectivity index (χ3v) is 3.98. The Balaban J connectivity index is 0.000000758. The average Bonchev–Trinajstić information content (AvgIpc) is 2.60. The van der Waals surface area contributed by atoms with Crippen molar-refractivity contribution >= 4 is 39.7 Å². The fraction of sp³-hybridized carbons (Fsp3) is 0.190. The molecule has 0 amide bonds. The number of hydrogen-bond acceptors (Lipinski definition) is 2. The predicted octanol–water partition coefficient (Wildman–Crippen LogP) is 6.97. The summed E-state index contributed by atoms with van der Waals surface area (Å²) in [6.45, 7) is 6.27. The third kappa shape index (κ3) is 5.42. The van der Waals surface area contributed by atoms with E-state index in [1.807, 2.05) is 42.5 Å². The van der Waals surface area contributed by atoms with Gasteiger partial charge in [0.25, 0.3) is 0 Å². The summed E-state index contributed by atoms with van der Waals surface area (Å²) < 4.78 is 0. The van der Waals surface area contributed by atoms with Crippen LogP contribution in [0.3, 0.4) is 0 Å². The molecule has 0 aliphatic heterocycles. The van der Waals surface area contributed by atoms with Gasteiger partial charge in [-0.15, -0.1) is 0 Å². The van der Waals surface area contributed by atoms with Crippen LogP contribution in [-0.4, -0.2) is 11.3 Å². The van der Waals surface area contributed by atoms with Gasteiger partial charge >= 0.3 is 37.9 Å². The van der Waals surface area contributed by atoms with Gasteiger partial charge in [0.15, 0.2) is 0 Å². The maximum atomic E-state index is 10.5. The summed E-state index contributed by atoms with van der Waals surface area (Å²) in [7, 11) is 9.87. The number of hydrogen-bond donors (Lipinski definition) is 1. The fourth-order valence-electron chi connectivity index (χ4n) is 2.73. The van der Waals surface area contributed by atoms with Gasteiger partial charge in [-0.05, 0) is 28.5 Å². The molecule has 3 rings (SSSR count). The maximum absolute atomic E-state index is 10.5. The Hall–Kier alpha value is -1.15. The Morgan fingerprint density at radius 2 is 1.54 bits per heavy atom. The molecule has 0 radical (unpaired) electrons. The number of halogens is 2. The van der Waals surface area contributed by atoms with Crippen LogP contribution < -0.4 is 0 Å². The zero-order valence-electron chi connectivity index (χ0n) is 15.0. The molecule has 5 heteroatoms. The minimum absolute atomic E-state index is 0.104. The zero-order valence-corrected chi connectivity index (χ0v) is 19.0. The molecule has 0 saturated heterocycles. The van der Waals surface area contributed by atoms with E-state index >= 15 is 0 Å². The van der Waals surface area contributed by atoms with Gasteiger partial charge in [0.2, 0.25) is 0 Å². The summed E-state index contributed by atoms with van der Waals surface area (Å²) in [5, 5.41) is 12.8. The van der Waals surface area contributed by atoms with Crippen LogP contribution in [-0.2, 0) is 26.3 Å². The van der Waals surface area contributed by atoms with Gasteiger partial charge in [-0.3, -0.25) is 4.99 Å². The molecule has 0 unspecified atom stereocenters. The van der Waals surface area contributed by atoms with E-state index in [2.05, 4.69) is 44.0 Å². The molecule has 0 fully saturated rings. The molecule has 26 heavy (non-hydrogen) atoms. The zero-order chi connectivity index (χ0) is 19.2. The van der Waals surface area contributed by atoms with E-state index in [4.69, 9.17) is 17.0 Å². The Labute approximate surface area is 173 Å². The first kappa shape index (κ1) is 21.2. The topological polar surface area (TPSA) is 32.6 Å². The van der Waals surface area contributed by atoms with E-state index in [-0.39, 0.29) is 5.41 Å². The van der Waals surface area contributed by atoms with Gasteiger partial charge < -0.3 is 5.11 Å². The van der Waals surface area contributed by atoms with Crippen molar-refractivity contribution in [3.63, 3.8) is 0 Å². The molecular weight excluding hydrogens is 444 g/mol. The molecule has 0 aromatic heterocycles. The van der Waals surface area contributed by atoms with E-state index in [0.29, 0.717) is 5.75 Å². The molecular formula is C21H21Cl2NOZr. The number of benzene rings is 3. The van der Waals surface area contributed by atoms with Gasteiger partial charge in [-0.25, -0.2) is 0 Å². The van der Waals surface area contributed by atoms with Crippen molar-refractivity contribution in [1.82, 2.24) is 0 Å². The quantitative estimate of drug-likeness (QED) is 0.407. The molecule has 134 valence electrons. The van der Waals surface area contributed by atoms with Crippen LogP contribution in [0.15, 0.2) is 65.7 Å². The van der Waals surface area contributed by atoms with Crippen LogP contribution in [0.2, 0.25) is 0 Å². The fourth-order valence-corrected chi connectivity index (χ4v) is 2.73. The molecule has 0 spiro atoms. The molecule has 0 aliphatic carbocycles. The van der Waals surface area contributed by atoms with Gasteiger partial charge in [0, 0.05) is 17.2 Å². The van der Waals surface area contributed by atoms with Crippen LogP contribution in [0, 0.1) is 0 Å². The van der Waals surface area contributed by atoms with Gasteiger partial charge in [-0.1, -0.05) is 69.3 Å². The summed E-state index contributed by atoms with van der Waals surface area (Å²) in [5.74, 6) is 0.309. The van der Waals surface area contributed by atoms with Crippen molar-refractivity contribution in [2.45, 2.75) is 26.2 Å². The number of phenolic OH excluding ortho intramolecular Hbond substituents is 1. The number of para-hydroxylation sites is 1. The van der Waals surface area contributed by atoms with E-state index < -0.39 is 20.8 Å². The number of aromatic hydroxyl groups is 1. The van der Waals surface area contributed by atoms with Crippen molar-refractivity contribution < 1.29 is 26.0 Å². The van der Waals surface area contributed by atoms with Crippen molar-refractivity contribution in [2.75, 3.05) is 0 Å². The second kappa shape index (κ2) is 9.69. The molecule has 3 aromatic carbocycles. The molecule has 0 heterocycles. The Bertz CT molecular complexity index is 899. The van der Waals surface area contributed by atoms with Crippen molar-refractivity contribution in [3.05, 3.63) is 71.8 Å².